The number of hydrogen-bond donors (Lipinski definition) is 2. The Bertz CT molecular complexity index is 433. The van der Waals surface area contributed by atoms with Gasteiger partial charge in [-0.3, -0.25) is 14.9 Å². The number of nitrogens with zero attached hydrogens (tertiary/aromatic N) is 2. The fourth-order valence-electron chi connectivity index (χ4n) is 1.79. The summed E-state index contributed by atoms with van der Waals surface area (Å²) in [6.07, 6.45) is 3.81. The monoisotopic (exact) mass is 220 g/mol. The van der Waals surface area contributed by atoms with Crippen molar-refractivity contribution in [2.24, 2.45) is 5.73 Å². The summed E-state index contributed by atoms with van der Waals surface area (Å²) in [5.41, 5.74) is 6.93. The molecule has 1 aliphatic rings. The number of carbonyl (C=O) groups is 2. The fourth-order valence-corrected chi connectivity index (χ4v) is 1.79. The molecule has 0 saturated carbocycles. The number of hydrogen-bond acceptors (Lipinski definition) is 5. The van der Waals surface area contributed by atoms with Crippen molar-refractivity contribution < 1.29 is 9.59 Å². The maximum atomic E-state index is 11.6. The largest absolute Gasteiger partial charge is 0.326 e. The molecule has 0 radical (unpaired) electrons. The maximum absolute atomic E-state index is 11.6. The average Bonchev–Trinajstić information content (AvgIpc) is 2.29. The molecule has 0 bridgehead atoms. The number of nitrogens with two attached hydrogens (primary N) is 1. The standard InChI is InChI=1S/C10H12N4O2/c11-3-6-4-12-5-13-9(6)7-1-2-8(15)14-10(7)16/h4-5,7H,1-3,11H2,(H,14,15,16). The minimum Gasteiger partial charge on any atom is -0.326 e. The molecule has 84 valence electrons. The average molecular weight is 220 g/mol. The molecule has 3 N–H and O–H groups in total. The highest BCUT2D eigenvalue weighted by Crippen LogP contribution is 2.24. The second kappa shape index (κ2) is 4.36. The van der Waals surface area contributed by atoms with E-state index in [-0.39, 0.29) is 24.3 Å². The van der Waals surface area contributed by atoms with Crippen LogP contribution in [0.3, 0.4) is 0 Å². The molecule has 1 aromatic heterocycles. The highest BCUT2D eigenvalue weighted by atomic mass is 16.2. The quantitative estimate of drug-likeness (QED) is 0.652. The van der Waals surface area contributed by atoms with Crippen molar-refractivity contribution in [3.63, 3.8) is 0 Å². The van der Waals surface area contributed by atoms with E-state index in [0.717, 1.165) is 5.56 Å². The first kappa shape index (κ1) is 10.7. The number of imide groups is 1. The maximum Gasteiger partial charge on any atom is 0.235 e. The van der Waals surface area contributed by atoms with E-state index in [4.69, 9.17) is 5.73 Å². The Morgan fingerprint density at radius 3 is 3.00 bits per heavy atom. The summed E-state index contributed by atoms with van der Waals surface area (Å²) >= 11 is 0. The SMILES string of the molecule is NCc1cncnc1C1CCC(=O)NC1=O. The van der Waals surface area contributed by atoms with Gasteiger partial charge in [0.1, 0.15) is 6.33 Å². The van der Waals surface area contributed by atoms with Crippen molar-refractivity contribution in [3.8, 4) is 0 Å². The molecule has 16 heavy (non-hydrogen) atoms. The van der Waals surface area contributed by atoms with Gasteiger partial charge in [0.2, 0.25) is 11.8 Å². The van der Waals surface area contributed by atoms with Gasteiger partial charge >= 0.3 is 0 Å². The van der Waals surface area contributed by atoms with Crippen LogP contribution in [0, 0.1) is 0 Å². The summed E-state index contributed by atoms with van der Waals surface area (Å²) in [5.74, 6) is -0.923. The fraction of sp³-hybridized carbons (Fsp3) is 0.400. The first-order chi connectivity index (χ1) is 7.72. The lowest BCUT2D eigenvalue weighted by atomic mass is 9.92. The van der Waals surface area contributed by atoms with E-state index in [2.05, 4.69) is 15.3 Å². The molecular weight excluding hydrogens is 208 g/mol. The third-order valence-electron chi connectivity index (χ3n) is 2.61. The van der Waals surface area contributed by atoms with Crippen LogP contribution in [0.2, 0.25) is 0 Å². The summed E-state index contributed by atoms with van der Waals surface area (Å²) in [6.45, 7) is 0.286. The van der Waals surface area contributed by atoms with Gasteiger partial charge in [-0.1, -0.05) is 0 Å². The van der Waals surface area contributed by atoms with E-state index in [9.17, 15) is 9.59 Å². The number of carbonyl (C=O) groups excluding carboxylic acids is 2. The lowest BCUT2D eigenvalue weighted by molar-refractivity contribution is -0.134. The molecule has 6 heteroatoms. The predicted molar refractivity (Wildman–Crippen MR) is 55.0 cm³/mol. The zero-order valence-corrected chi connectivity index (χ0v) is 8.64. The van der Waals surface area contributed by atoms with Crippen LogP contribution in [-0.4, -0.2) is 21.8 Å². The molecule has 1 aromatic rings. The van der Waals surface area contributed by atoms with Crippen LogP contribution >= 0.6 is 0 Å². The van der Waals surface area contributed by atoms with Crippen molar-refractivity contribution >= 4 is 11.8 Å². The van der Waals surface area contributed by atoms with Crippen LogP contribution in [0.1, 0.15) is 30.0 Å². The third-order valence-corrected chi connectivity index (χ3v) is 2.61. The Morgan fingerprint density at radius 1 is 1.50 bits per heavy atom. The molecule has 2 amide bonds. The number of aromatic nitrogens is 2. The Hall–Kier alpha value is -1.82. The van der Waals surface area contributed by atoms with Gasteiger partial charge in [-0.25, -0.2) is 9.97 Å². The number of amides is 2. The molecule has 1 unspecified atom stereocenters. The minimum atomic E-state index is -0.390. The number of piperidine rings is 1. The van der Waals surface area contributed by atoms with Gasteiger partial charge < -0.3 is 5.73 Å². The van der Waals surface area contributed by atoms with Crippen LogP contribution in [0.15, 0.2) is 12.5 Å². The summed E-state index contributed by atoms with van der Waals surface area (Å²) in [4.78, 5) is 30.6. The highest BCUT2D eigenvalue weighted by molar-refractivity contribution is 6.00. The van der Waals surface area contributed by atoms with Gasteiger partial charge in [-0.15, -0.1) is 0 Å². The van der Waals surface area contributed by atoms with Crippen molar-refractivity contribution in [1.29, 1.82) is 0 Å². The van der Waals surface area contributed by atoms with E-state index in [1.165, 1.54) is 6.33 Å². The molecule has 2 heterocycles. The summed E-state index contributed by atoms with van der Waals surface area (Å²) in [5, 5.41) is 2.30. The Kier molecular flexibility index (Phi) is 2.91. The van der Waals surface area contributed by atoms with Gasteiger partial charge in [0.15, 0.2) is 0 Å². The normalized spacial score (nSPS) is 20.7. The van der Waals surface area contributed by atoms with Gasteiger partial charge in [-0.05, 0) is 6.42 Å². The van der Waals surface area contributed by atoms with Gasteiger partial charge in [0.05, 0.1) is 11.6 Å². The van der Waals surface area contributed by atoms with E-state index in [1.807, 2.05) is 0 Å². The Balaban J connectivity index is 2.30. The summed E-state index contributed by atoms with van der Waals surface area (Å²) < 4.78 is 0. The zero-order chi connectivity index (χ0) is 11.5. The zero-order valence-electron chi connectivity index (χ0n) is 8.64. The molecular formula is C10H12N4O2. The molecule has 1 aliphatic heterocycles. The van der Waals surface area contributed by atoms with E-state index < -0.39 is 0 Å². The van der Waals surface area contributed by atoms with Crippen molar-refractivity contribution in [1.82, 2.24) is 15.3 Å². The van der Waals surface area contributed by atoms with Gasteiger partial charge in [0, 0.05) is 24.7 Å². The Morgan fingerprint density at radius 2 is 2.31 bits per heavy atom. The highest BCUT2D eigenvalue weighted by Gasteiger charge is 2.30. The van der Waals surface area contributed by atoms with Crippen LogP contribution in [0.5, 0.6) is 0 Å². The van der Waals surface area contributed by atoms with E-state index >= 15 is 0 Å². The topological polar surface area (TPSA) is 98.0 Å². The van der Waals surface area contributed by atoms with E-state index in [1.54, 1.807) is 6.20 Å². The molecule has 1 atom stereocenters. The number of nitrogens with one attached hydrogen (secondary N) is 1. The second-order valence-corrected chi connectivity index (χ2v) is 3.64. The Labute approximate surface area is 92.3 Å². The lowest BCUT2D eigenvalue weighted by Crippen LogP contribution is -2.40. The van der Waals surface area contributed by atoms with Crippen molar-refractivity contribution in [2.75, 3.05) is 0 Å². The van der Waals surface area contributed by atoms with Gasteiger partial charge in [-0.2, -0.15) is 0 Å². The molecule has 1 saturated heterocycles. The lowest BCUT2D eigenvalue weighted by Gasteiger charge is -2.21. The molecule has 2 rings (SSSR count). The molecule has 0 spiro atoms. The van der Waals surface area contributed by atoms with Crippen LogP contribution in [0.4, 0.5) is 0 Å². The summed E-state index contributed by atoms with van der Waals surface area (Å²) in [6, 6.07) is 0. The molecule has 6 nitrogen and oxygen atoms in total. The first-order valence-corrected chi connectivity index (χ1v) is 5.05. The second-order valence-electron chi connectivity index (χ2n) is 3.64. The first-order valence-electron chi connectivity index (χ1n) is 5.05. The number of rotatable bonds is 2. The van der Waals surface area contributed by atoms with Crippen molar-refractivity contribution in [2.45, 2.75) is 25.3 Å². The van der Waals surface area contributed by atoms with Crippen molar-refractivity contribution in [3.05, 3.63) is 23.8 Å². The summed E-state index contributed by atoms with van der Waals surface area (Å²) in [7, 11) is 0. The molecule has 0 aromatic carbocycles. The van der Waals surface area contributed by atoms with Crippen LogP contribution < -0.4 is 11.1 Å². The molecule has 1 fully saturated rings. The molecule has 0 aliphatic carbocycles. The van der Waals surface area contributed by atoms with Gasteiger partial charge in [0.25, 0.3) is 0 Å². The predicted octanol–water partition coefficient (Wildman–Crippen LogP) is -0.544. The minimum absolute atomic E-state index is 0.232. The smallest absolute Gasteiger partial charge is 0.235 e. The van der Waals surface area contributed by atoms with E-state index in [0.29, 0.717) is 18.5 Å². The third kappa shape index (κ3) is 1.92. The van der Waals surface area contributed by atoms with Crippen LogP contribution in [-0.2, 0) is 16.1 Å². The van der Waals surface area contributed by atoms with Crippen LogP contribution in [0.25, 0.3) is 0 Å².